The number of unbranched alkanes of at least 4 members (excludes halogenated alkanes) is 3. The highest BCUT2D eigenvalue weighted by atomic mass is 32.2. The maximum absolute atomic E-state index is 15.8. The van der Waals surface area contributed by atoms with E-state index in [0.717, 1.165) is 31.4 Å². The number of carbonyl (C=O) groups excluding carboxylic acids is 16. The Bertz CT molecular complexity index is 5270. The fourth-order valence-corrected chi connectivity index (χ4v) is 17.8. The SMILES string of the molecule is CCCC[C@H]1C(=O)N(C)[C@@H](CCCC)C(=O)N[C@@H](CCCNC(=N)N)C(=O)N[C@H](C(=O)NCC(N)=O)CSCC(=O)N[C@@H](Cc2ccc(O)cc2)C(=O)N(C)[C@@H](C)C(=O)N[C@@H](CCCCN)C(=O)N2CCC[C@H]2C(=O)N[C@@H](Cc2c[nH]cn2)C(=O)N[C@@H](CCC(=O)O)C(=O)N2C[C@H](O)C[C@H]2C(=O)N[C@@H](Cc2c[nH]c3ccccc23)C(=O)N[C@@H](CO)C(=O)N[C@@H](Cc2c[nH]c3ccccc23)C(=O)N1C. The lowest BCUT2D eigenvalue weighted by Gasteiger charge is -2.36. The number of nitrogens with zero attached hydrogens (tertiary/aromatic N) is 6. The van der Waals surface area contributed by atoms with Gasteiger partial charge in [-0.15, -0.1) is 11.8 Å². The van der Waals surface area contributed by atoms with Gasteiger partial charge in [-0.25, -0.2) is 4.98 Å². The highest BCUT2D eigenvalue weighted by molar-refractivity contribution is 8.00. The van der Waals surface area contributed by atoms with Crippen LogP contribution in [0.1, 0.15) is 146 Å². The molecule has 16 amide bonds. The highest BCUT2D eigenvalue weighted by Crippen LogP contribution is 2.28. The number of nitrogens with one attached hydrogen (secondary N) is 15. The summed E-state index contributed by atoms with van der Waals surface area (Å²) in [4.78, 5) is 270. The fourth-order valence-electron chi connectivity index (χ4n) is 17.0. The average Bonchev–Trinajstić information content (AvgIpc) is 1.62. The van der Waals surface area contributed by atoms with Crippen LogP contribution in [0.3, 0.4) is 0 Å². The van der Waals surface area contributed by atoms with Gasteiger partial charge in [0.2, 0.25) is 94.5 Å². The standard InChI is InChI=1S/C92H130N24O21S/c1-7-9-25-71-84(130)104-62(24-17-35-98-92(95)96)80(126)111-70(79(125)101-45-75(94)120)48-138-49-76(121)103-67(37-52-28-30-56(118)31-29-52)87(133)112(4)51(3)78(124)105-63(23-15-16-34-93)89(135)115-36-18-27-72(115)85(131)108-66(40-55-44-97-50-102-55)82(128)106-64(32-33-77(122)123)90(136)116-46-57(119)41-74(116)86(132)107-65(38-53-42-99-60-21-13-11-19-58(53)60)81(127)110-69(47-117)83(129)109-68(39-54-43-100-61-22-14-12-20-59(54)61)88(134)114(6)73(26-10-8-2)91(137)113(71)5/h11-14,19-22,28-31,42-44,50-51,57,62-74,99-100,117-119H,7-10,15-18,23-27,32-41,45-49,93H2,1-6H3,(H2,94,120)(H,97,102)(H,101,125)(H,103,121)(H,104,130)(H,105,124)(H,106,128)(H,107,132)(H,108,131)(H,109,129)(H,110,127)(H,111,126)(H,122,123)(H4,95,96,98)/t51-,57+,62-,63-,64-,65-,66-,67-,68-,69-,70-,71-,72-,73-,74-/m0/s1. The molecule has 3 saturated heterocycles. The number of likely N-dealkylation sites (N-methyl/N-ethyl adjacent to an activating group) is 3. The lowest BCUT2D eigenvalue weighted by molar-refractivity contribution is -0.149. The zero-order chi connectivity index (χ0) is 101. The molecule has 3 fully saturated rings. The Labute approximate surface area is 801 Å². The number of phenols is 1. The van der Waals surface area contributed by atoms with E-state index >= 15 is 43.2 Å². The predicted octanol–water partition coefficient (Wildman–Crippen LogP) is -2.86. The first-order valence-electron chi connectivity index (χ1n) is 46.4. The number of benzene rings is 3. The van der Waals surface area contributed by atoms with E-state index < -0.39 is 248 Å². The van der Waals surface area contributed by atoms with Crippen molar-refractivity contribution in [3.63, 3.8) is 0 Å². The van der Waals surface area contributed by atoms with Gasteiger partial charge in [-0.3, -0.25) is 86.9 Å². The number of aliphatic hydroxyl groups excluding tert-OH is 2. The van der Waals surface area contributed by atoms with Crippen molar-refractivity contribution in [2.45, 2.75) is 240 Å². The van der Waals surface area contributed by atoms with Crippen molar-refractivity contribution < 1.29 is 102 Å². The number of aromatic hydroxyl groups is 1. The van der Waals surface area contributed by atoms with E-state index in [0.29, 0.717) is 70.6 Å². The number of guanidine groups is 1. The molecule has 25 N–H and O–H groups in total. The molecule has 3 aliphatic heterocycles. The number of hydrogen-bond acceptors (Lipinski definition) is 24. The number of amides is 16. The minimum Gasteiger partial charge on any atom is -0.508 e. The van der Waals surface area contributed by atoms with E-state index in [1.165, 1.54) is 69.8 Å². The van der Waals surface area contributed by atoms with Crippen LogP contribution in [0.4, 0.5) is 0 Å². The number of rotatable bonds is 29. The molecule has 0 spiro atoms. The van der Waals surface area contributed by atoms with Crippen LogP contribution in [0.5, 0.6) is 5.75 Å². The van der Waals surface area contributed by atoms with Gasteiger partial charge in [0, 0.05) is 125 Å². The highest BCUT2D eigenvalue weighted by Gasteiger charge is 2.47. The number of aromatic nitrogens is 4. The normalized spacial score (nSPS) is 24.4. The molecule has 0 unspecified atom stereocenters. The van der Waals surface area contributed by atoms with Gasteiger partial charge in [-0.2, -0.15) is 0 Å². The number of carboxylic acids is 1. The van der Waals surface area contributed by atoms with Gasteiger partial charge in [0.1, 0.15) is 90.3 Å². The van der Waals surface area contributed by atoms with E-state index in [1.54, 1.807) is 60.9 Å². The summed E-state index contributed by atoms with van der Waals surface area (Å²) in [5.41, 5.74) is 19.8. The third-order valence-electron chi connectivity index (χ3n) is 24.8. The van der Waals surface area contributed by atoms with E-state index in [4.69, 9.17) is 22.6 Å². The maximum Gasteiger partial charge on any atom is 0.303 e. The Kier molecular flexibility index (Phi) is 41.1. The lowest BCUT2D eigenvalue weighted by Crippen LogP contribution is -2.61. The molecule has 3 aromatic carbocycles. The van der Waals surface area contributed by atoms with Gasteiger partial charge < -0.3 is 136 Å². The van der Waals surface area contributed by atoms with Crippen LogP contribution in [-0.2, 0) is 107 Å². The van der Waals surface area contributed by atoms with Gasteiger partial charge >= 0.3 is 5.97 Å². The molecular formula is C92H130N24O21S. The summed E-state index contributed by atoms with van der Waals surface area (Å²) in [6, 6.07) is -2.43. The Morgan fingerprint density at radius 1 is 0.543 bits per heavy atom. The van der Waals surface area contributed by atoms with Crippen LogP contribution in [-0.4, -0.2) is 334 Å². The third kappa shape index (κ3) is 30.4. The number of imidazole rings is 1. The number of thioether (sulfide) groups is 1. The molecule has 9 rings (SSSR count). The quantitative estimate of drug-likeness (QED) is 0.0128. The molecule has 3 aliphatic rings. The molecule has 3 aromatic heterocycles. The van der Waals surface area contributed by atoms with Crippen LogP contribution in [0.25, 0.3) is 21.8 Å². The summed E-state index contributed by atoms with van der Waals surface area (Å²) >= 11 is 0.777. The molecule has 15 atom stereocenters. The van der Waals surface area contributed by atoms with Crippen molar-refractivity contribution in [1.29, 1.82) is 5.41 Å². The summed E-state index contributed by atoms with van der Waals surface area (Å²) in [7, 11) is 3.94. The van der Waals surface area contributed by atoms with Gasteiger partial charge in [-0.05, 0) is 119 Å². The zero-order valence-electron chi connectivity index (χ0n) is 78.2. The Morgan fingerprint density at radius 3 is 1.69 bits per heavy atom. The van der Waals surface area contributed by atoms with Crippen LogP contribution in [0, 0.1) is 5.41 Å². The molecule has 0 aliphatic carbocycles. The number of aliphatic carboxylic acids is 1. The van der Waals surface area contributed by atoms with Crippen molar-refractivity contribution in [2.24, 2.45) is 17.2 Å². The minimum absolute atomic E-state index is 0.0142. The van der Waals surface area contributed by atoms with E-state index in [9.17, 15) is 58.8 Å². The summed E-state index contributed by atoms with van der Waals surface area (Å²) in [5, 5.41) is 81.2. The first-order valence-corrected chi connectivity index (χ1v) is 47.5. The number of primary amides is 1. The van der Waals surface area contributed by atoms with E-state index in [2.05, 4.69) is 78.4 Å². The molecule has 0 radical (unpaired) electrons. The zero-order valence-corrected chi connectivity index (χ0v) is 79.1. The number of para-hydroxylation sites is 2. The number of fused-ring (bicyclic) bond motifs is 4. The van der Waals surface area contributed by atoms with Gasteiger partial charge in [0.05, 0.1) is 37.0 Å². The molecule has 46 heteroatoms. The number of phenolic OH excluding ortho intramolecular Hbond substituents is 1. The third-order valence-corrected chi connectivity index (χ3v) is 25.8. The van der Waals surface area contributed by atoms with Crippen molar-refractivity contribution in [2.75, 3.05) is 72.0 Å². The van der Waals surface area contributed by atoms with Crippen LogP contribution in [0.15, 0.2) is 97.7 Å². The molecule has 750 valence electrons. The monoisotopic (exact) mass is 1940 g/mol. The summed E-state index contributed by atoms with van der Waals surface area (Å²) in [6.07, 6.45) is 3.43. The molecule has 0 bridgehead atoms. The molecule has 45 nitrogen and oxygen atoms in total. The van der Waals surface area contributed by atoms with Crippen molar-refractivity contribution in [3.05, 3.63) is 120 Å². The first kappa shape index (κ1) is 108. The van der Waals surface area contributed by atoms with E-state index in [1.807, 2.05) is 13.8 Å². The van der Waals surface area contributed by atoms with Crippen LogP contribution in [0.2, 0.25) is 0 Å². The number of aromatic amines is 3. The predicted molar refractivity (Wildman–Crippen MR) is 506 cm³/mol. The minimum atomic E-state index is -1.93. The van der Waals surface area contributed by atoms with Crippen molar-refractivity contribution >= 4 is 140 Å². The summed E-state index contributed by atoms with van der Waals surface area (Å²) < 4.78 is 0. The number of H-pyrrole nitrogens is 3. The Balaban J connectivity index is 1.11. The Hall–Kier alpha value is -13.8. The fraction of sp³-hybridized carbons (Fsp3) is 0.533. The van der Waals surface area contributed by atoms with E-state index in [-0.39, 0.29) is 108 Å². The number of carbonyl (C=O) groups is 17. The molecule has 0 saturated carbocycles. The summed E-state index contributed by atoms with van der Waals surface area (Å²) in [6.45, 7) is 2.68. The Morgan fingerprint density at radius 2 is 1.08 bits per heavy atom. The smallest absolute Gasteiger partial charge is 0.303 e. The topological polar surface area (TPSA) is 682 Å². The number of carboxylic acid groups (broad SMARTS) is 1. The lowest BCUT2D eigenvalue weighted by atomic mass is 10.00. The van der Waals surface area contributed by atoms with Crippen LogP contribution >= 0.6 is 11.8 Å². The second kappa shape index (κ2) is 52.5. The van der Waals surface area contributed by atoms with Gasteiger partial charge in [0.25, 0.3) is 0 Å². The van der Waals surface area contributed by atoms with Gasteiger partial charge in [0.15, 0.2) is 5.96 Å². The van der Waals surface area contributed by atoms with Crippen molar-refractivity contribution in [3.8, 4) is 5.75 Å². The number of nitrogens with two attached hydrogens (primary N) is 3. The van der Waals surface area contributed by atoms with Crippen molar-refractivity contribution in [1.82, 2.24) is 103 Å². The second-order valence-electron chi connectivity index (χ2n) is 34.9. The first-order chi connectivity index (χ1) is 65.9. The largest absolute Gasteiger partial charge is 0.508 e. The van der Waals surface area contributed by atoms with Gasteiger partial charge in [-0.1, -0.05) is 88.1 Å². The second-order valence-corrected chi connectivity index (χ2v) is 35.9. The molecule has 6 heterocycles. The van der Waals surface area contributed by atoms with Crippen LogP contribution < -0.4 is 75.7 Å². The maximum atomic E-state index is 15.8. The molecule has 138 heavy (non-hydrogen) atoms. The molecule has 6 aromatic rings. The summed E-state index contributed by atoms with van der Waals surface area (Å²) in [5.74, 6) is -18.1. The molecular weight excluding hydrogens is 1810 g/mol. The number of aliphatic hydroxyl groups is 2. The average molecular weight is 1940 g/mol. The number of hydrogen-bond donors (Lipinski definition) is 22.